The molecule has 1 saturated heterocycles. The number of anilines is 1. The minimum atomic E-state index is -3.41. The van der Waals surface area contributed by atoms with Crippen LogP contribution in [0.1, 0.15) is 30.4 Å². The van der Waals surface area contributed by atoms with Gasteiger partial charge in [-0.1, -0.05) is 17.7 Å². The lowest BCUT2D eigenvalue weighted by molar-refractivity contribution is -0.129. The highest BCUT2D eigenvalue weighted by atomic mass is 32.2. The number of likely N-dealkylation sites (tertiary alicyclic amines) is 1. The minimum Gasteiger partial charge on any atom is -0.343 e. The maximum Gasteiger partial charge on any atom is 0.232 e. The lowest BCUT2D eigenvalue weighted by atomic mass is 10.1. The first-order valence-electron chi connectivity index (χ1n) is 7.62. The number of carbonyl (C=O) groups is 1. The first kappa shape index (κ1) is 16.8. The van der Waals surface area contributed by atoms with Crippen molar-refractivity contribution in [1.29, 1.82) is 0 Å². The summed E-state index contributed by atoms with van der Waals surface area (Å²) in [6.45, 7) is 5.64. The number of carbonyl (C=O) groups excluding carboxylic acids is 1. The van der Waals surface area contributed by atoms with Crippen LogP contribution in [-0.4, -0.2) is 45.1 Å². The van der Waals surface area contributed by atoms with Crippen LogP contribution in [-0.2, 0) is 14.8 Å². The van der Waals surface area contributed by atoms with Crippen molar-refractivity contribution in [3.63, 3.8) is 0 Å². The molecule has 6 heteroatoms. The number of rotatable bonds is 5. The molecule has 0 atom stereocenters. The number of nitrogens with zero attached hydrogens (tertiary/aromatic N) is 2. The molecule has 0 aromatic heterocycles. The molecule has 1 aliphatic heterocycles. The van der Waals surface area contributed by atoms with Crippen molar-refractivity contribution < 1.29 is 13.2 Å². The zero-order valence-electron chi connectivity index (χ0n) is 13.5. The van der Waals surface area contributed by atoms with E-state index in [4.69, 9.17) is 0 Å². The highest BCUT2D eigenvalue weighted by Gasteiger charge is 2.23. The second-order valence-corrected chi connectivity index (χ2v) is 7.87. The molecule has 1 heterocycles. The summed E-state index contributed by atoms with van der Waals surface area (Å²) in [5, 5.41) is 0. The van der Waals surface area contributed by atoms with Gasteiger partial charge in [0.25, 0.3) is 0 Å². The van der Waals surface area contributed by atoms with Crippen LogP contribution < -0.4 is 4.31 Å². The molecule has 1 aromatic rings. The van der Waals surface area contributed by atoms with E-state index in [1.165, 1.54) is 10.6 Å². The second-order valence-electron chi connectivity index (χ2n) is 5.96. The Morgan fingerprint density at radius 1 is 1.23 bits per heavy atom. The molecule has 2 rings (SSSR count). The van der Waals surface area contributed by atoms with Crippen LogP contribution in [0, 0.1) is 13.8 Å². The van der Waals surface area contributed by atoms with Crippen LogP contribution in [0.2, 0.25) is 0 Å². The van der Waals surface area contributed by atoms with Crippen molar-refractivity contribution in [3.8, 4) is 0 Å². The molecule has 1 aliphatic rings. The topological polar surface area (TPSA) is 57.7 Å². The van der Waals surface area contributed by atoms with Gasteiger partial charge in [0, 0.05) is 26.1 Å². The van der Waals surface area contributed by atoms with Crippen LogP contribution in [0.25, 0.3) is 0 Å². The fraction of sp³-hybridized carbons (Fsp3) is 0.562. The quantitative estimate of drug-likeness (QED) is 0.833. The van der Waals surface area contributed by atoms with Gasteiger partial charge in [0.05, 0.1) is 11.9 Å². The Balaban J connectivity index is 2.15. The molecular weight excluding hydrogens is 300 g/mol. The molecule has 0 spiro atoms. The first-order chi connectivity index (χ1) is 10.3. The monoisotopic (exact) mass is 324 g/mol. The van der Waals surface area contributed by atoms with Crippen LogP contribution in [0.15, 0.2) is 18.2 Å². The number of amides is 1. The van der Waals surface area contributed by atoms with Gasteiger partial charge in [0.2, 0.25) is 15.9 Å². The van der Waals surface area contributed by atoms with E-state index < -0.39 is 10.0 Å². The summed E-state index contributed by atoms with van der Waals surface area (Å²) < 4.78 is 25.6. The first-order valence-corrected chi connectivity index (χ1v) is 9.46. The van der Waals surface area contributed by atoms with E-state index in [-0.39, 0.29) is 18.9 Å². The Bertz CT molecular complexity index is 649. The normalized spacial score (nSPS) is 15.1. The van der Waals surface area contributed by atoms with Crippen LogP contribution >= 0.6 is 0 Å². The summed E-state index contributed by atoms with van der Waals surface area (Å²) in [7, 11) is -3.41. The number of aryl methyl sites for hydroxylation is 2. The molecule has 1 fully saturated rings. The maximum absolute atomic E-state index is 12.2. The second kappa shape index (κ2) is 6.69. The standard InChI is InChI=1S/C16H24N2O3S/c1-13-6-7-15(14(2)12-13)18(22(3,20)21)11-8-16(19)17-9-4-5-10-17/h6-7,12H,4-5,8-11H2,1-3H3. The van der Waals surface area contributed by atoms with Crippen LogP contribution in [0.5, 0.6) is 0 Å². The predicted octanol–water partition coefficient (Wildman–Crippen LogP) is 2.08. The van der Waals surface area contributed by atoms with Gasteiger partial charge in [-0.25, -0.2) is 8.42 Å². The third-order valence-electron chi connectivity index (χ3n) is 4.01. The van der Waals surface area contributed by atoms with Gasteiger partial charge >= 0.3 is 0 Å². The Hall–Kier alpha value is -1.56. The molecule has 0 saturated carbocycles. The van der Waals surface area contributed by atoms with E-state index in [9.17, 15) is 13.2 Å². The molecule has 1 amide bonds. The smallest absolute Gasteiger partial charge is 0.232 e. The molecule has 122 valence electrons. The summed E-state index contributed by atoms with van der Waals surface area (Å²) in [6.07, 6.45) is 3.49. The molecular formula is C16H24N2O3S. The average molecular weight is 324 g/mol. The Labute approximate surface area is 133 Å². The van der Waals surface area contributed by atoms with Gasteiger partial charge in [-0.15, -0.1) is 0 Å². The number of benzene rings is 1. The summed E-state index contributed by atoms with van der Waals surface area (Å²) in [5.74, 6) is 0.0379. The van der Waals surface area contributed by atoms with Gasteiger partial charge < -0.3 is 4.90 Å². The van der Waals surface area contributed by atoms with Crippen molar-refractivity contribution in [2.24, 2.45) is 0 Å². The minimum absolute atomic E-state index is 0.0379. The lowest BCUT2D eigenvalue weighted by Gasteiger charge is -2.25. The van der Waals surface area contributed by atoms with E-state index in [1.807, 2.05) is 36.9 Å². The van der Waals surface area contributed by atoms with Gasteiger partial charge in [-0.05, 0) is 38.3 Å². The number of hydrogen-bond donors (Lipinski definition) is 0. The van der Waals surface area contributed by atoms with E-state index >= 15 is 0 Å². The molecule has 0 bridgehead atoms. The van der Waals surface area contributed by atoms with Gasteiger partial charge in [0.15, 0.2) is 0 Å². The molecule has 0 unspecified atom stereocenters. The number of sulfonamides is 1. The summed E-state index contributed by atoms with van der Waals surface area (Å²) >= 11 is 0. The van der Waals surface area contributed by atoms with Gasteiger partial charge in [-0.2, -0.15) is 0 Å². The zero-order chi connectivity index (χ0) is 16.3. The molecule has 0 aliphatic carbocycles. The van der Waals surface area contributed by atoms with Gasteiger partial charge in [-0.3, -0.25) is 9.10 Å². The zero-order valence-corrected chi connectivity index (χ0v) is 14.3. The third-order valence-corrected chi connectivity index (χ3v) is 5.19. The number of hydrogen-bond acceptors (Lipinski definition) is 3. The molecule has 0 N–H and O–H groups in total. The molecule has 0 radical (unpaired) electrons. The van der Waals surface area contributed by atoms with E-state index in [0.29, 0.717) is 5.69 Å². The Kier molecular flexibility index (Phi) is 5.11. The lowest BCUT2D eigenvalue weighted by Crippen LogP contribution is -2.36. The summed E-state index contributed by atoms with van der Waals surface area (Å²) in [6, 6.07) is 5.66. The fourth-order valence-corrected chi connectivity index (χ4v) is 3.86. The van der Waals surface area contributed by atoms with Crippen LogP contribution in [0.3, 0.4) is 0 Å². The highest BCUT2D eigenvalue weighted by molar-refractivity contribution is 7.92. The summed E-state index contributed by atoms with van der Waals surface area (Å²) in [4.78, 5) is 14.0. The Morgan fingerprint density at radius 2 is 1.86 bits per heavy atom. The predicted molar refractivity (Wildman–Crippen MR) is 88.5 cm³/mol. The van der Waals surface area contributed by atoms with Crippen molar-refractivity contribution in [1.82, 2.24) is 4.90 Å². The third kappa shape index (κ3) is 4.00. The molecule has 22 heavy (non-hydrogen) atoms. The van der Waals surface area contributed by atoms with E-state index in [1.54, 1.807) is 0 Å². The largest absolute Gasteiger partial charge is 0.343 e. The van der Waals surface area contributed by atoms with E-state index in [0.717, 1.165) is 37.1 Å². The van der Waals surface area contributed by atoms with Crippen molar-refractivity contribution in [2.45, 2.75) is 33.1 Å². The van der Waals surface area contributed by atoms with Gasteiger partial charge in [0.1, 0.15) is 0 Å². The average Bonchev–Trinajstić information content (AvgIpc) is 2.93. The maximum atomic E-state index is 12.2. The fourth-order valence-electron chi connectivity index (χ4n) is 2.87. The van der Waals surface area contributed by atoms with Crippen molar-refractivity contribution >= 4 is 21.6 Å². The van der Waals surface area contributed by atoms with Crippen molar-refractivity contribution in [3.05, 3.63) is 29.3 Å². The molecule has 5 nitrogen and oxygen atoms in total. The highest BCUT2D eigenvalue weighted by Crippen LogP contribution is 2.24. The van der Waals surface area contributed by atoms with E-state index in [2.05, 4.69) is 0 Å². The summed E-state index contributed by atoms with van der Waals surface area (Å²) in [5.41, 5.74) is 2.64. The Morgan fingerprint density at radius 3 is 2.41 bits per heavy atom. The van der Waals surface area contributed by atoms with Crippen molar-refractivity contribution in [2.75, 3.05) is 30.2 Å². The molecule has 1 aromatic carbocycles. The van der Waals surface area contributed by atoms with Crippen LogP contribution in [0.4, 0.5) is 5.69 Å². The SMILES string of the molecule is Cc1ccc(N(CCC(=O)N2CCCC2)S(C)(=O)=O)c(C)c1.